The van der Waals surface area contributed by atoms with E-state index in [9.17, 15) is 5.11 Å². The predicted molar refractivity (Wildman–Crippen MR) is 76.0 cm³/mol. The normalized spacial score (nSPS) is 23.0. The fourth-order valence-electron chi connectivity index (χ4n) is 2.68. The van der Waals surface area contributed by atoms with Crippen molar-refractivity contribution in [3.63, 3.8) is 0 Å². The zero-order valence-electron chi connectivity index (χ0n) is 11.2. The molecule has 1 aromatic rings. The highest BCUT2D eigenvalue weighted by molar-refractivity contribution is 6.31. The van der Waals surface area contributed by atoms with Crippen molar-refractivity contribution < 1.29 is 5.11 Å². The van der Waals surface area contributed by atoms with E-state index >= 15 is 0 Å². The molecule has 1 saturated heterocycles. The Bertz CT molecular complexity index is 407. The smallest absolute Gasteiger partial charge is 0.0917 e. The topological polar surface area (TPSA) is 23.5 Å². The van der Waals surface area contributed by atoms with Crippen LogP contribution in [0, 0.1) is 12.8 Å². The number of halogens is 1. The van der Waals surface area contributed by atoms with Crippen LogP contribution >= 0.6 is 11.6 Å². The van der Waals surface area contributed by atoms with E-state index in [0.29, 0.717) is 0 Å². The average Bonchev–Trinajstić information content (AvgIpc) is 2.32. The summed E-state index contributed by atoms with van der Waals surface area (Å²) in [6.45, 7) is 7.19. The van der Waals surface area contributed by atoms with Crippen LogP contribution in [0.15, 0.2) is 18.2 Å². The molecule has 100 valence electrons. The Labute approximate surface area is 115 Å². The molecule has 0 bridgehead atoms. The number of benzene rings is 1. The van der Waals surface area contributed by atoms with Crippen LogP contribution in [-0.2, 0) is 0 Å². The van der Waals surface area contributed by atoms with Crippen molar-refractivity contribution in [2.75, 3.05) is 19.6 Å². The molecule has 1 N–H and O–H groups in total. The summed E-state index contributed by atoms with van der Waals surface area (Å²) in [5, 5.41) is 11.1. The average molecular weight is 268 g/mol. The van der Waals surface area contributed by atoms with Gasteiger partial charge in [-0.3, -0.25) is 0 Å². The van der Waals surface area contributed by atoms with Crippen LogP contribution in [0.3, 0.4) is 0 Å². The molecule has 3 heteroatoms. The van der Waals surface area contributed by atoms with Crippen molar-refractivity contribution >= 4 is 11.6 Å². The Balaban J connectivity index is 1.98. The Morgan fingerprint density at radius 3 is 2.94 bits per heavy atom. The highest BCUT2D eigenvalue weighted by Gasteiger charge is 2.19. The van der Waals surface area contributed by atoms with Gasteiger partial charge in [-0.25, -0.2) is 0 Å². The summed E-state index contributed by atoms with van der Waals surface area (Å²) < 4.78 is 0. The number of hydrogen-bond donors (Lipinski definition) is 1. The van der Waals surface area contributed by atoms with Gasteiger partial charge in [-0.2, -0.15) is 0 Å². The van der Waals surface area contributed by atoms with Crippen LogP contribution in [0.5, 0.6) is 0 Å². The van der Waals surface area contributed by atoms with Gasteiger partial charge in [0.05, 0.1) is 6.10 Å². The first-order valence-electron chi connectivity index (χ1n) is 6.72. The van der Waals surface area contributed by atoms with Crippen molar-refractivity contribution in [3.05, 3.63) is 34.3 Å². The zero-order valence-corrected chi connectivity index (χ0v) is 12.0. The lowest BCUT2D eigenvalue weighted by molar-refractivity contribution is 0.0875. The zero-order chi connectivity index (χ0) is 13.1. The maximum atomic E-state index is 10.3. The summed E-state index contributed by atoms with van der Waals surface area (Å²) in [5.41, 5.74) is 2.00. The summed E-state index contributed by atoms with van der Waals surface area (Å²) in [5.74, 6) is 0.748. The van der Waals surface area contributed by atoms with Gasteiger partial charge in [0.15, 0.2) is 0 Å². The van der Waals surface area contributed by atoms with Gasteiger partial charge >= 0.3 is 0 Å². The summed E-state index contributed by atoms with van der Waals surface area (Å²) >= 11 is 6.00. The molecule has 0 aromatic heterocycles. The van der Waals surface area contributed by atoms with E-state index in [-0.39, 0.29) is 0 Å². The highest BCUT2D eigenvalue weighted by atomic mass is 35.5. The molecule has 2 atom stereocenters. The van der Waals surface area contributed by atoms with Crippen LogP contribution in [0.4, 0.5) is 0 Å². The molecular formula is C15H22ClNO. The minimum absolute atomic E-state index is 0.411. The van der Waals surface area contributed by atoms with Gasteiger partial charge in [0, 0.05) is 18.1 Å². The van der Waals surface area contributed by atoms with E-state index < -0.39 is 6.10 Å². The van der Waals surface area contributed by atoms with Crippen molar-refractivity contribution in [3.8, 4) is 0 Å². The number of nitrogens with zero attached hydrogens (tertiary/aromatic N) is 1. The van der Waals surface area contributed by atoms with Gasteiger partial charge in [-0.05, 0) is 49.4 Å². The molecule has 2 unspecified atom stereocenters. The number of aliphatic hydroxyl groups excluding tert-OH is 1. The van der Waals surface area contributed by atoms with Gasteiger partial charge < -0.3 is 10.0 Å². The van der Waals surface area contributed by atoms with E-state index in [1.807, 2.05) is 25.1 Å². The van der Waals surface area contributed by atoms with Crippen LogP contribution in [0.2, 0.25) is 5.02 Å². The quantitative estimate of drug-likeness (QED) is 0.907. The van der Waals surface area contributed by atoms with Gasteiger partial charge in [-0.1, -0.05) is 30.7 Å². The molecule has 1 heterocycles. The summed E-state index contributed by atoms with van der Waals surface area (Å²) in [7, 11) is 0. The maximum Gasteiger partial charge on any atom is 0.0917 e. The fourth-order valence-corrected chi connectivity index (χ4v) is 2.80. The Hall–Kier alpha value is -0.570. The lowest BCUT2D eigenvalue weighted by Gasteiger charge is -2.32. The number of hydrogen-bond acceptors (Lipinski definition) is 2. The van der Waals surface area contributed by atoms with E-state index in [2.05, 4.69) is 11.8 Å². The van der Waals surface area contributed by atoms with E-state index in [1.165, 1.54) is 12.8 Å². The minimum Gasteiger partial charge on any atom is -0.387 e. The van der Waals surface area contributed by atoms with E-state index in [4.69, 9.17) is 11.6 Å². The molecule has 0 saturated carbocycles. The standard InChI is InChI=1S/C15H22ClNO/c1-11-4-3-7-17(9-11)10-15(18)13-5-6-14(16)12(2)8-13/h5-6,8,11,15,18H,3-4,7,9-10H2,1-2H3. The van der Waals surface area contributed by atoms with Gasteiger partial charge in [-0.15, -0.1) is 0 Å². The monoisotopic (exact) mass is 267 g/mol. The minimum atomic E-state index is -0.411. The Morgan fingerprint density at radius 1 is 1.50 bits per heavy atom. The second-order valence-corrected chi connectivity index (χ2v) is 5.94. The van der Waals surface area contributed by atoms with Gasteiger partial charge in [0.25, 0.3) is 0 Å². The first-order chi connectivity index (χ1) is 8.56. The molecule has 2 rings (SSSR count). The van der Waals surface area contributed by atoms with Gasteiger partial charge in [0.2, 0.25) is 0 Å². The summed E-state index contributed by atoms with van der Waals surface area (Å²) in [4.78, 5) is 2.36. The molecule has 1 aliphatic rings. The second-order valence-electron chi connectivity index (χ2n) is 5.53. The molecular weight excluding hydrogens is 246 g/mol. The molecule has 0 amide bonds. The molecule has 1 aliphatic heterocycles. The first kappa shape index (κ1) is 13.9. The Kier molecular flexibility index (Phi) is 4.66. The SMILES string of the molecule is Cc1cc(C(O)CN2CCCC(C)C2)ccc1Cl. The molecule has 18 heavy (non-hydrogen) atoms. The lowest BCUT2D eigenvalue weighted by Crippen LogP contribution is -2.37. The van der Waals surface area contributed by atoms with Gasteiger partial charge in [0.1, 0.15) is 0 Å². The van der Waals surface area contributed by atoms with Crippen molar-refractivity contribution in [2.24, 2.45) is 5.92 Å². The first-order valence-corrected chi connectivity index (χ1v) is 7.10. The van der Waals surface area contributed by atoms with Crippen molar-refractivity contribution in [1.29, 1.82) is 0 Å². The number of aliphatic hydroxyl groups is 1. The fraction of sp³-hybridized carbons (Fsp3) is 0.600. The highest BCUT2D eigenvalue weighted by Crippen LogP contribution is 2.23. The largest absolute Gasteiger partial charge is 0.387 e. The maximum absolute atomic E-state index is 10.3. The van der Waals surface area contributed by atoms with E-state index in [0.717, 1.165) is 41.7 Å². The van der Waals surface area contributed by atoms with Crippen molar-refractivity contribution in [2.45, 2.75) is 32.8 Å². The molecule has 1 aromatic carbocycles. The van der Waals surface area contributed by atoms with Crippen LogP contribution in [0.25, 0.3) is 0 Å². The second kappa shape index (κ2) is 6.05. The molecule has 2 nitrogen and oxygen atoms in total. The van der Waals surface area contributed by atoms with Crippen molar-refractivity contribution in [1.82, 2.24) is 4.90 Å². The number of rotatable bonds is 3. The third kappa shape index (κ3) is 3.47. The molecule has 0 aliphatic carbocycles. The predicted octanol–water partition coefficient (Wildman–Crippen LogP) is 3.41. The van der Waals surface area contributed by atoms with Crippen LogP contribution in [-0.4, -0.2) is 29.6 Å². The van der Waals surface area contributed by atoms with E-state index in [1.54, 1.807) is 0 Å². The van der Waals surface area contributed by atoms with Crippen LogP contribution < -0.4 is 0 Å². The number of aryl methyl sites for hydroxylation is 1. The number of β-amino-alcohol motifs (C(OH)–C–C–N with tert-alkyl or cyclic N) is 1. The Morgan fingerprint density at radius 2 is 2.28 bits per heavy atom. The summed E-state index contributed by atoms with van der Waals surface area (Å²) in [6, 6.07) is 5.78. The lowest BCUT2D eigenvalue weighted by atomic mass is 9.99. The molecule has 0 radical (unpaired) electrons. The summed E-state index contributed by atoms with van der Waals surface area (Å²) in [6.07, 6.45) is 2.14. The third-order valence-electron chi connectivity index (χ3n) is 3.74. The third-order valence-corrected chi connectivity index (χ3v) is 4.16. The molecule has 1 fully saturated rings. The van der Waals surface area contributed by atoms with Crippen LogP contribution in [0.1, 0.15) is 37.0 Å². The molecule has 0 spiro atoms. The number of piperidine rings is 1. The number of likely N-dealkylation sites (tertiary alicyclic amines) is 1.